The van der Waals surface area contributed by atoms with Crippen LogP contribution in [0, 0.1) is 11.3 Å². The summed E-state index contributed by atoms with van der Waals surface area (Å²) in [5.74, 6) is 0. The van der Waals surface area contributed by atoms with Gasteiger partial charge in [0.05, 0.1) is 34.4 Å². The number of para-hydroxylation sites is 3. The third-order valence-corrected chi connectivity index (χ3v) is 5.95. The summed E-state index contributed by atoms with van der Waals surface area (Å²) in [6, 6.07) is 31.3. The van der Waals surface area contributed by atoms with Gasteiger partial charge in [-0.05, 0) is 41.5 Å². The normalized spacial score (nSPS) is 13.8. The standard InChI is InChI=1S/C27H21N3/c1-27(2)21-10-4-7-13-25(21)30(26-14-8-5-11-22(26)27)24-12-6-3-9-20(24)23-17-19(18-28)15-16-29-23/h3-17H,1-2H3. The number of anilines is 3. The Bertz CT molecular complexity index is 1250. The van der Waals surface area contributed by atoms with Crippen molar-refractivity contribution in [2.75, 3.05) is 4.90 Å². The molecular weight excluding hydrogens is 366 g/mol. The Balaban J connectivity index is 1.80. The fraction of sp³-hybridized carbons (Fsp3) is 0.111. The SMILES string of the molecule is CC1(C)c2ccccc2N(c2ccccc2-c2cc(C#N)ccn2)c2ccccc21. The second-order valence-corrected chi connectivity index (χ2v) is 8.05. The van der Waals surface area contributed by atoms with Crippen LogP contribution in [0.4, 0.5) is 17.1 Å². The topological polar surface area (TPSA) is 39.9 Å². The number of nitriles is 1. The molecule has 1 aliphatic rings. The molecule has 0 saturated heterocycles. The lowest BCUT2D eigenvalue weighted by Crippen LogP contribution is -2.30. The van der Waals surface area contributed by atoms with Crippen molar-refractivity contribution in [3.8, 4) is 17.3 Å². The van der Waals surface area contributed by atoms with E-state index in [1.165, 1.54) is 22.5 Å². The second kappa shape index (κ2) is 6.86. The van der Waals surface area contributed by atoms with Gasteiger partial charge >= 0.3 is 0 Å². The van der Waals surface area contributed by atoms with Crippen LogP contribution in [-0.2, 0) is 5.41 Å². The summed E-state index contributed by atoms with van der Waals surface area (Å²) >= 11 is 0. The first-order chi connectivity index (χ1) is 14.6. The van der Waals surface area contributed by atoms with Gasteiger partial charge < -0.3 is 4.90 Å². The number of hydrogen-bond acceptors (Lipinski definition) is 3. The van der Waals surface area contributed by atoms with Crippen LogP contribution >= 0.6 is 0 Å². The molecule has 0 radical (unpaired) electrons. The Morgan fingerprint density at radius 1 is 0.767 bits per heavy atom. The molecule has 0 N–H and O–H groups in total. The lowest BCUT2D eigenvalue weighted by molar-refractivity contribution is 0.632. The number of aromatic nitrogens is 1. The second-order valence-electron chi connectivity index (χ2n) is 8.05. The number of benzene rings is 3. The lowest BCUT2D eigenvalue weighted by atomic mass is 9.73. The predicted molar refractivity (Wildman–Crippen MR) is 121 cm³/mol. The molecule has 0 unspecified atom stereocenters. The van der Waals surface area contributed by atoms with Gasteiger partial charge in [-0.1, -0.05) is 68.4 Å². The van der Waals surface area contributed by atoms with Crippen LogP contribution in [0.5, 0.6) is 0 Å². The van der Waals surface area contributed by atoms with Gasteiger partial charge in [0.25, 0.3) is 0 Å². The van der Waals surface area contributed by atoms with Crippen molar-refractivity contribution in [3.05, 3.63) is 108 Å². The van der Waals surface area contributed by atoms with Crippen LogP contribution in [0.1, 0.15) is 30.5 Å². The van der Waals surface area contributed by atoms with Gasteiger partial charge in [0, 0.05) is 17.2 Å². The Morgan fingerprint density at radius 2 is 1.33 bits per heavy atom. The molecule has 3 heteroatoms. The third kappa shape index (κ3) is 2.69. The van der Waals surface area contributed by atoms with Crippen molar-refractivity contribution < 1.29 is 0 Å². The number of fused-ring (bicyclic) bond motifs is 2. The summed E-state index contributed by atoms with van der Waals surface area (Å²) in [4.78, 5) is 6.90. The summed E-state index contributed by atoms with van der Waals surface area (Å²) in [5, 5.41) is 9.36. The number of hydrogen-bond donors (Lipinski definition) is 0. The van der Waals surface area contributed by atoms with Crippen LogP contribution in [0.15, 0.2) is 91.1 Å². The van der Waals surface area contributed by atoms with Gasteiger partial charge in [-0.25, -0.2) is 0 Å². The maximum atomic E-state index is 9.36. The van der Waals surface area contributed by atoms with E-state index >= 15 is 0 Å². The Kier molecular flexibility index (Phi) is 4.15. The first-order valence-corrected chi connectivity index (χ1v) is 10.1. The van der Waals surface area contributed by atoms with Crippen molar-refractivity contribution in [3.63, 3.8) is 0 Å². The highest BCUT2D eigenvalue weighted by Crippen LogP contribution is 2.52. The van der Waals surface area contributed by atoms with Crippen LogP contribution in [0.2, 0.25) is 0 Å². The molecule has 1 aromatic heterocycles. The van der Waals surface area contributed by atoms with Gasteiger partial charge in [0.1, 0.15) is 0 Å². The van der Waals surface area contributed by atoms with Gasteiger partial charge in [-0.3, -0.25) is 4.98 Å². The fourth-order valence-electron chi connectivity index (χ4n) is 4.46. The Hall–Kier alpha value is -3.90. The molecule has 3 aromatic carbocycles. The molecule has 0 atom stereocenters. The van der Waals surface area contributed by atoms with Gasteiger partial charge in [-0.2, -0.15) is 5.26 Å². The summed E-state index contributed by atoms with van der Waals surface area (Å²) < 4.78 is 0. The van der Waals surface area contributed by atoms with Crippen LogP contribution < -0.4 is 4.90 Å². The molecule has 4 aromatic rings. The van der Waals surface area contributed by atoms with E-state index in [4.69, 9.17) is 0 Å². The lowest BCUT2D eigenvalue weighted by Gasteiger charge is -2.42. The van der Waals surface area contributed by atoms with E-state index in [0.29, 0.717) is 5.56 Å². The van der Waals surface area contributed by atoms with Crippen molar-refractivity contribution in [1.82, 2.24) is 4.98 Å². The van der Waals surface area contributed by atoms with Crippen molar-refractivity contribution in [2.45, 2.75) is 19.3 Å². The molecule has 5 rings (SSSR count). The minimum atomic E-state index is -0.0996. The molecule has 0 fully saturated rings. The number of pyridine rings is 1. The van der Waals surface area contributed by atoms with E-state index in [0.717, 1.165) is 16.9 Å². The average molecular weight is 387 g/mol. The number of nitrogens with zero attached hydrogens (tertiary/aromatic N) is 3. The highest BCUT2D eigenvalue weighted by molar-refractivity contribution is 5.91. The fourth-order valence-corrected chi connectivity index (χ4v) is 4.46. The van der Waals surface area contributed by atoms with Crippen LogP contribution in [0.25, 0.3) is 11.3 Å². The summed E-state index contributed by atoms with van der Waals surface area (Å²) in [7, 11) is 0. The van der Waals surface area contributed by atoms with E-state index in [9.17, 15) is 5.26 Å². The van der Waals surface area contributed by atoms with Crippen molar-refractivity contribution in [2.24, 2.45) is 0 Å². The molecule has 0 saturated carbocycles. The zero-order valence-corrected chi connectivity index (χ0v) is 17.0. The summed E-state index contributed by atoms with van der Waals surface area (Å²) in [5.41, 5.74) is 8.27. The highest BCUT2D eigenvalue weighted by atomic mass is 15.2. The van der Waals surface area contributed by atoms with Crippen LogP contribution in [-0.4, -0.2) is 4.98 Å². The summed E-state index contributed by atoms with van der Waals surface area (Å²) in [6.45, 7) is 4.57. The van der Waals surface area contributed by atoms with E-state index in [2.05, 4.69) is 96.5 Å². The third-order valence-electron chi connectivity index (χ3n) is 5.95. The first kappa shape index (κ1) is 18.1. The zero-order chi connectivity index (χ0) is 20.7. The Morgan fingerprint density at radius 3 is 1.97 bits per heavy atom. The maximum absolute atomic E-state index is 9.36. The number of rotatable bonds is 2. The zero-order valence-electron chi connectivity index (χ0n) is 17.0. The van der Waals surface area contributed by atoms with E-state index < -0.39 is 0 Å². The average Bonchev–Trinajstić information content (AvgIpc) is 2.80. The molecule has 0 spiro atoms. The highest BCUT2D eigenvalue weighted by Gasteiger charge is 2.36. The largest absolute Gasteiger partial charge is 0.309 e. The molecule has 0 amide bonds. The first-order valence-electron chi connectivity index (χ1n) is 10.1. The molecule has 144 valence electrons. The quantitative estimate of drug-likeness (QED) is 0.383. The van der Waals surface area contributed by atoms with E-state index in [-0.39, 0.29) is 5.41 Å². The minimum absolute atomic E-state index is 0.0996. The molecule has 1 aliphatic heterocycles. The minimum Gasteiger partial charge on any atom is -0.309 e. The van der Waals surface area contributed by atoms with Crippen LogP contribution in [0.3, 0.4) is 0 Å². The molecule has 2 heterocycles. The van der Waals surface area contributed by atoms with Crippen molar-refractivity contribution >= 4 is 17.1 Å². The Labute approximate surface area is 176 Å². The smallest absolute Gasteiger partial charge is 0.0992 e. The van der Waals surface area contributed by atoms with Crippen molar-refractivity contribution in [1.29, 1.82) is 5.26 Å². The monoisotopic (exact) mass is 387 g/mol. The van der Waals surface area contributed by atoms with Gasteiger partial charge in [-0.15, -0.1) is 0 Å². The molecule has 0 aliphatic carbocycles. The molecular formula is C27H21N3. The predicted octanol–water partition coefficient (Wildman–Crippen LogP) is 6.73. The van der Waals surface area contributed by atoms with Gasteiger partial charge in [0.2, 0.25) is 0 Å². The van der Waals surface area contributed by atoms with Gasteiger partial charge in [0.15, 0.2) is 0 Å². The van der Waals surface area contributed by atoms with E-state index in [1.54, 1.807) is 12.3 Å². The maximum Gasteiger partial charge on any atom is 0.0992 e. The molecule has 30 heavy (non-hydrogen) atoms. The van der Waals surface area contributed by atoms with E-state index in [1.807, 2.05) is 12.1 Å². The molecule has 3 nitrogen and oxygen atoms in total. The summed E-state index contributed by atoms with van der Waals surface area (Å²) in [6.07, 6.45) is 1.70. The molecule has 0 bridgehead atoms.